The average molecular weight is 292 g/mol. The smallest absolute Gasteiger partial charge is 0.409 e. The summed E-state index contributed by atoms with van der Waals surface area (Å²) in [6.07, 6.45) is 6.24. The van der Waals surface area contributed by atoms with Crippen LogP contribution in [0.5, 0.6) is 0 Å². The van der Waals surface area contributed by atoms with Gasteiger partial charge in [-0.1, -0.05) is 6.08 Å². The van der Waals surface area contributed by atoms with Crippen LogP contribution >= 0.6 is 0 Å². The Kier molecular flexibility index (Phi) is 3.91. The number of hydrogen-bond donors (Lipinski definition) is 0. The molecule has 0 radical (unpaired) electrons. The van der Waals surface area contributed by atoms with Crippen molar-refractivity contribution in [2.24, 2.45) is 11.8 Å². The molecule has 2 amide bonds. The van der Waals surface area contributed by atoms with Gasteiger partial charge in [0.25, 0.3) is 0 Å². The molecule has 0 aromatic rings. The van der Waals surface area contributed by atoms with E-state index in [0.717, 1.165) is 32.2 Å². The highest BCUT2D eigenvalue weighted by Gasteiger charge is 2.48. The predicted octanol–water partition coefficient (Wildman–Crippen LogP) is 2.03. The van der Waals surface area contributed by atoms with Crippen molar-refractivity contribution >= 4 is 12.0 Å². The van der Waals surface area contributed by atoms with E-state index in [2.05, 4.69) is 11.5 Å². The monoisotopic (exact) mass is 292 g/mol. The maximum absolute atomic E-state index is 12.2. The maximum Gasteiger partial charge on any atom is 0.409 e. The van der Waals surface area contributed by atoms with Gasteiger partial charge in [-0.2, -0.15) is 0 Å². The lowest BCUT2D eigenvalue weighted by Crippen LogP contribution is -2.64. The van der Waals surface area contributed by atoms with Crippen LogP contribution in [0, 0.1) is 11.8 Å². The molecule has 3 aliphatic rings. The number of piperidine rings is 3. The number of fused-ring (bicyclic) bond motifs is 4. The van der Waals surface area contributed by atoms with E-state index in [4.69, 9.17) is 4.74 Å². The summed E-state index contributed by atoms with van der Waals surface area (Å²) < 4.78 is 4.96. The second-order valence-corrected chi connectivity index (χ2v) is 6.48. The minimum atomic E-state index is -0.243. The Morgan fingerprint density at radius 2 is 2.24 bits per heavy atom. The lowest BCUT2D eigenvalue weighted by Gasteiger charge is -2.55. The van der Waals surface area contributed by atoms with Gasteiger partial charge in [0.2, 0.25) is 5.91 Å². The fraction of sp³-hybridized carbons (Fsp3) is 0.750. The molecule has 0 saturated carbocycles. The normalized spacial score (nSPS) is 35.2. The van der Waals surface area contributed by atoms with Gasteiger partial charge >= 0.3 is 6.09 Å². The largest absolute Gasteiger partial charge is 0.453 e. The van der Waals surface area contributed by atoms with Crippen LogP contribution in [0.15, 0.2) is 12.7 Å². The van der Waals surface area contributed by atoms with Gasteiger partial charge in [-0.05, 0) is 37.5 Å². The van der Waals surface area contributed by atoms with Crippen molar-refractivity contribution in [1.82, 2.24) is 9.80 Å². The number of carbonyl (C=O) groups excluding carboxylic acids is 2. The predicted molar refractivity (Wildman–Crippen MR) is 78.7 cm³/mol. The second kappa shape index (κ2) is 5.70. The van der Waals surface area contributed by atoms with E-state index in [0.29, 0.717) is 36.8 Å². The summed E-state index contributed by atoms with van der Waals surface area (Å²) in [6, 6.07) is 0.432. The number of rotatable bonds is 2. The van der Waals surface area contributed by atoms with E-state index in [-0.39, 0.29) is 12.1 Å². The van der Waals surface area contributed by atoms with Gasteiger partial charge in [0.15, 0.2) is 0 Å². The third kappa shape index (κ3) is 2.43. The molecule has 3 heterocycles. The molecule has 2 bridgehead atoms. The summed E-state index contributed by atoms with van der Waals surface area (Å²) in [5.41, 5.74) is 0. The zero-order chi connectivity index (χ0) is 15.0. The first kappa shape index (κ1) is 14.4. The van der Waals surface area contributed by atoms with Crippen molar-refractivity contribution in [2.75, 3.05) is 20.2 Å². The summed E-state index contributed by atoms with van der Waals surface area (Å²) in [6.45, 7) is 5.31. The number of hydrogen-bond acceptors (Lipinski definition) is 3. The van der Waals surface area contributed by atoms with E-state index in [1.165, 1.54) is 7.11 Å². The molecule has 3 rings (SSSR count). The standard InChI is InChI=1S/C16H24N2O3/c1-3-5-13-11-8-12(10-18(13)16(20)21-2)14-6-4-7-15(19)17(14)9-11/h3,11-14H,1,4-10H2,2H3/t11-,12-,13+,14-/m1/s1. The Hall–Kier alpha value is -1.52. The first-order valence-corrected chi connectivity index (χ1v) is 7.90. The van der Waals surface area contributed by atoms with Crippen LogP contribution in [-0.4, -0.2) is 54.1 Å². The van der Waals surface area contributed by atoms with Crippen molar-refractivity contribution in [2.45, 2.75) is 44.2 Å². The lowest BCUT2D eigenvalue weighted by atomic mass is 9.72. The Morgan fingerprint density at radius 1 is 1.43 bits per heavy atom. The van der Waals surface area contributed by atoms with Crippen LogP contribution in [0.1, 0.15) is 32.1 Å². The van der Waals surface area contributed by atoms with E-state index in [9.17, 15) is 9.59 Å². The second-order valence-electron chi connectivity index (χ2n) is 6.48. The van der Waals surface area contributed by atoms with Crippen LogP contribution in [0.25, 0.3) is 0 Å². The fourth-order valence-electron chi connectivity index (χ4n) is 4.48. The molecule has 3 fully saturated rings. The van der Waals surface area contributed by atoms with Gasteiger partial charge in [-0.3, -0.25) is 4.79 Å². The third-order valence-electron chi connectivity index (χ3n) is 5.39. The number of ether oxygens (including phenoxy) is 1. The van der Waals surface area contributed by atoms with Crippen molar-refractivity contribution in [1.29, 1.82) is 0 Å². The van der Waals surface area contributed by atoms with Gasteiger partial charge < -0.3 is 14.5 Å². The maximum atomic E-state index is 12.2. The van der Waals surface area contributed by atoms with Crippen LogP contribution in [0.2, 0.25) is 0 Å². The van der Waals surface area contributed by atoms with E-state index >= 15 is 0 Å². The average Bonchev–Trinajstić information content (AvgIpc) is 2.50. The number of likely N-dealkylation sites (tertiary alicyclic amines) is 1. The van der Waals surface area contributed by atoms with Crippen molar-refractivity contribution < 1.29 is 14.3 Å². The van der Waals surface area contributed by atoms with Crippen LogP contribution in [-0.2, 0) is 9.53 Å². The first-order valence-electron chi connectivity index (χ1n) is 7.90. The van der Waals surface area contributed by atoms with E-state index < -0.39 is 0 Å². The van der Waals surface area contributed by atoms with Crippen molar-refractivity contribution in [3.05, 3.63) is 12.7 Å². The topological polar surface area (TPSA) is 49.9 Å². The van der Waals surface area contributed by atoms with Crippen LogP contribution < -0.4 is 0 Å². The highest BCUT2D eigenvalue weighted by atomic mass is 16.5. The SMILES string of the molecule is C=CC[C@H]1[C@@H]2C[C@H](CN1C(=O)OC)[C@H]1CCCC(=O)N1C2. The van der Waals surface area contributed by atoms with Crippen molar-refractivity contribution in [3.8, 4) is 0 Å². The Morgan fingerprint density at radius 3 is 2.95 bits per heavy atom. The van der Waals surface area contributed by atoms with Gasteiger partial charge in [-0.15, -0.1) is 6.58 Å². The van der Waals surface area contributed by atoms with E-state index in [1.54, 1.807) is 0 Å². The molecule has 3 aliphatic heterocycles. The van der Waals surface area contributed by atoms with Gasteiger partial charge in [0.05, 0.1) is 7.11 Å². The zero-order valence-corrected chi connectivity index (χ0v) is 12.7. The highest BCUT2D eigenvalue weighted by Crippen LogP contribution is 2.41. The molecule has 116 valence electrons. The van der Waals surface area contributed by atoms with Crippen LogP contribution in [0.3, 0.4) is 0 Å². The molecular weight excluding hydrogens is 268 g/mol. The minimum absolute atomic E-state index is 0.113. The number of amides is 2. The lowest BCUT2D eigenvalue weighted by molar-refractivity contribution is -0.146. The molecular formula is C16H24N2O3. The Balaban J connectivity index is 1.85. The summed E-state index contributed by atoms with van der Waals surface area (Å²) in [5, 5.41) is 0. The molecule has 5 nitrogen and oxygen atoms in total. The molecule has 21 heavy (non-hydrogen) atoms. The van der Waals surface area contributed by atoms with E-state index in [1.807, 2.05) is 11.0 Å². The molecule has 0 aromatic carbocycles. The molecule has 0 aromatic heterocycles. The van der Waals surface area contributed by atoms with Gasteiger partial charge in [0, 0.05) is 31.6 Å². The molecule has 0 unspecified atom stereocenters. The number of nitrogens with zero attached hydrogens (tertiary/aromatic N) is 2. The van der Waals surface area contributed by atoms with Crippen molar-refractivity contribution in [3.63, 3.8) is 0 Å². The molecule has 0 aliphatic carbocycles. The summed E-state index contributed by atoms with van der Waals surface area (Å²) in [5.74, 6) is 1.04. The molecule has 4 atom stereocenters. The first-order chi connectivity index (χ1) is 10.2. The summed E-state index contributed by atoms with van der Waals surface area (Å²) in [4.78, 5) is 28.3. The van der Waals surface area contributed by atoms with Gasteiger partial charge in [-0.25, -0.2) is 4.79 Å². The molecule has 0 spiro atoms. The summed E-state index contributed by atoms with van der Waals surface area (Å²) in [7, 11) is 1.44. The fourth-order valence-corrected chi connectivity index (χ4v) is 4.48. The number of carbonyl (C=O) groups is 2. The molecule has 0 N–H and O–H groups in total. The highest BCUT2D eigenvalue weighted by molar-refractivity contribution is 5.77. The third-order valence-corrected chi connectivity index (χ3v) is 5.39. The van der Waals surface area contributed by atoms with Crippen LogP contribution in [0.4, 0.5) is 4.79 Å². The summed E-state index contributed by atoms with van der Waals surface area (Å²) >= 11 is 0. The quantitative estimate of drug-likeness (QED) is 0.732. The Bertz CT molecular complexity index is 451. The zero-order valence-electron chi connectivity index (χ0n) is 12.7. The molecule has 5 heteroatoms. The minimum Gasteiger partial charge on any atom is -0.453 e. The Labute approximate surface area is 125 Å². The van der Waals surface area contributed by atoms with Gasteiger partial charge in [0.1, 0.15) is 0 Å². The molecule has 3 saturated heterocycles. The number of methoxy groups -OCH3 is 1.